The molecule has 3 heterocycles. The van der Waals surface area contributed by atoms with Crippen LogP contribution in [0.5, 0.6) is 0 Å². The molecule has 1 aromatic heterocycles. The van der Waals surface area contributed by atoms with Crippen LogP contribution in [0.25, 0.3) is 6.08 Å². The third-order valence-electron chi connectivity index (χ3n) is 5.07. The Morgan fingerprint density at radius 1 is 1.00 bits per heavy atom. The van der Waals surface area contributed by atoms with Crippen molar-refractivity contribution in [1.29, 1.82) is 0 Å². The van der Waals surface area contributed by atoms with E-state index < -0.39 is 10.0 Å². The molecule has 0 amide bonds. The lowest BCUT2D eigenvalue weighted by atomic mass is 10.00. The molecule has 2 atom stereocenters. The van der Waals surface area contributed by atoms with E-state index in [9.17, 15) is 8.42 Å². The molecule has 126 valence electrons. The molecule has 2 aliphatic rings. The van der Waals surface area contributed by atoms with Crippen LogP contribution in [0.4, 0.5) is 0 Å². The molecule has 6 heteroatoms. The molecular weight excluding hydrogens is 322 g/mol. The zero-order chi connectivity index (χ0) is 16.6. The van der Waals surface area contributed by atoms with Crippen LogP contribution >= 0.6 is 0 Å². The first-order valence-electron chi connectivity index (χ1n) is 8.39. The summed E-state index contributed by atoms with van der Waals surface area (Å²) < 4.78 is 29.4. The maximum atomic E-state index is 12.8. The molecule has 2 fully saturated rings. The molecule has 2 aromatic rings. The standard InChI is InChI=1S/C18H21N3O2S/c22-24(23,12-9-15-5-2-1-3-6-15)21-16-7-8-17(21)14-18(13-16)20-11-4-10-19-20/h1-6,9-12,16-18H,7-8,13-14H2/b12-9+. The van der Waals surface area contributed by atoms with Crippen LogP contribution in [0.1, 0.15) is 37.3 Å². The fourth-order valence-corrected chi connectivity index (χ4v) is 5.72. The van der Waals surface area contributed by atoms with Gasteiger partial charge >= 0.3 is 0 Å². The van der Waals surface area contributed by atoms with E-state index in [2.05, 4.69) is 5.10 Å². The molecule has 2 saturated heterocycles. The van der Waals surface area contributed by atoms with Crippen molar-refractivity contribution in [2.24, 2.45) is 0 Å². The molecule has 0 N–H and O–H groups in total. The molecule has 1 aromatic carbocycles. The Hall–Kier alpha value is -1.92. The molecule has 4 rings (SSSR count). The van der Waals surface area contributed by atoms with E-state index in [0.717, 1.165) is 31.2 Å². The number of sulfonamides is 1. The number of benzene rings is 1. The molecule has 2 unspecified atom stereocenters. The summed E-state index contributed by atoms with van der Waals surface area (Å²) in [6.45, 7) is 0. The predicted molar refractivity (Wildman–Crippen MR) is 93.5 cm³/mol. The van der Waals surface area contributed by atoms with Gasteiger partial charge in [-0.2, -0.15) is 9.40 Å². The lowest BCUT2D eigenvalue weighted by Gasteiger charge is -2.37. The highest BCUT2D eigenvalue weighted by atomic mass is 32.2. The van der Waals surface area contributed by atoms with E-state index in [1.54, 1.807) is 16.6 Å². The fourth-order valence-electron chi connectivity index (χ4n) is 4.03. The first-order valence-corrected chi connectivity index (χ1v) is 9.89. The van der Waals surface area contributed by atoms with Gasteiger partial charge in [0.1, 0.15) is 0 Å². The van der Waals surface area contributed by atoms with Crippen molar-refractivity contribution in [3.63, 3.8) is 0 Å². The minimum Gasteiger partial charge on any atom is -0.270 e. The number of nitrogens with zero attached hydrogens (tertiary/aromatic N) is 3. The molecule has 24 heavy (non-hydrogen) atoms. The van der Waals surface area contributed by atoms with E-state index in [1.165, 1.54) is 5.41 Å². The second kappa shape index (κ2) is 6.18. The van der Waals surface area contributed by atoms with Crippen LogP contribution in [0, 0.1) is 0 Å². The number of aromatic nitrogens is 2. The minimum absolute atomic E-state index is 0.0865. The Morgan fingerprint density at radius 3 is 2.33 bits per heavy atom. The van der Waals surface area contributed by atoms with Crippen LogP contribution in [0.2, 0.25) is 0 Å². The average Bonchev–Trinajstić information content (AvgIpc) is 3.21. The lowest BCUT2D eigenvalue weighted by Crippen LogP contribution is -2.46. The van der Waals surface area contributed by atoms with Gasteiger partial charge in [-0.25, -0.2) is 8.42 Å². The van der Waals surface area contributed by atoms with E-state index in [0.29, 0.717) is 6.04 Å². The third kappa shape index (κ3) is 2.91. The van der Waals surface area contributed by atoms with Crippen molar-refractivity contribution >= 4 is 16.1 Å². The maximum Gasteiger partial charge on any atom is 0.236 e. The summed E-state index contributed by atoms with van der Waals surface area (Å²) in [6, 6.07) is 12.0. The van der Waals surface area contributed by atoms with Gasteiger partial charge in [-0.05, 0) is 43.4 Å². The normalized spacial score (nSPS) is 27.8. The predicted octanol–water partition coefficient (Wildman–Crippen LogP) is 3.05. The summed E-state index contributed by atoms with van der Waals surface area (Å²) in [5, 5.41) is 5.70. The second-order valence-electron chi connectivity index (χ2n) is 6.58. The number of hydrogen-bond acceptors (Lipinski definition) is 3. The summed E-state index contributed by atoms with van der Waals surface area (Å²) in [6.07, 6.45) is 9.03. The highest BCUT2D eigenvalue weighted by Crippen LogP contribution is 2.42. The molecule has 0 spiro atoms. The van der Waals surface area contributed by atoms with Gasteiger partial charge in [0.25, 0.3) is 0 Å². The highest BCUT2D eigenvalue weighted by molar-refractivity contribution is 7.92. The van der Waals surface area contributed by atoms with E-state index in [1.807, 2.05) is 47.3 Å². The van der Waals surface area contributed by atoms with Gasteiger partial charge in [0.2, 0.25) is 10.0 Å². The summed E-state index contributed by atoms with van der Waals surface area (Å²) in [7, 11) is -3.39. The smallest absolute Gasteiger partial charge is 0.236 e. The molecule has 0 aliphatic carbocycles. The molecule has 2 aliphatic heterocycles. The molecule has 5 nitrogen and oxygen atoms in total. The molecule has 2 bridgehead atoms. The first kappa shape index (κ1) is 15.6. The van der Waals surface area contributed by atoms with E-state index in [4.69, 9.17) is 0 Å². The summed E-state index contributed by atoms with van der Waals surface area (Å²) in [5.74, 6) is 0. The highest BCUT2D eigenvalue weighted by Gasteiger charge is 2.46. The topological polar surface area (TPSA) is 55.2 Å². The Kier molecular flexibility index (Phi) is 4.02. The molecular formula is C18H21N3O2S. The first-order chi connectivity index (χ1) is 11.6. The summed E-state index contributed by atoms with van der Waals surface area (Å²) in [4.78, 5) is 0. The maximum absolute atomic E-state index is 12.8. The molecule has 0 radical (unpaired) electrons. The minimum atomic E-state index is -3.39. The third-order valence-corrected chi connectivity index (χ3v) is 6.73. The van der Waals surface area contributed by atoms with Crippen molar-refractivity contribution in [3.05, 3.63) is 59.8 Å². The Morgan fingerprint density at radius 2 is 1.71 bits per heavy atom. The van der Waals surface area contributed by atoms with Crippen molar-refractivity contribution in [2.45, 2.75) is 43.8 Å². The van der Waals surface area contributed by atoms with Crippen molar-refractivity contribution in [1.82, 2.24) is 14.1 Å². The summed E-state index contributed by atoms with van der Waals surface area (Å²) >= 11 is 0. The van der Waals surface area contributed by atoms with Crippen LogP contribution in [-0.2, 0) is 10.0 Å². The SMILES string of the molecule is O=S(=O)(/C=C/c1ccccc1)N1C2CCC1CC(n1cccn1)C2. The van der Waals surface area contributed by atoms with Crippen LogP contribution in [0.15, 0.2) is 54.2 Å². The van der Waals surface area contributed by atoms with Gasteiger partial charge in [0.15, 0.2) is 0 Å². The Labute approximate surface area is 142 Å². The van der Waals surface area contributed by atoms with Gasteiger partial charge in [0.05, 0.1) is 6.04 Å². The van der Waals surface area contributed by atoms with Crippen molar-refractivity contribution in [2.75, 3.05) is 0 Å². The van der Waals surface area contributed by atoms with Crippen molar-refractivity contribution < 1.29 is 8.42 Å². The van der Waals surface area contributed by atoms with Gasteiger partial charge in [0, 0.05) is 29.9 Å². The number of fused-ring (bicyclic) bond motifs is 2. The number of hydrogen-bond donors (Lipinski definition) is 0. The second-order valence-corrected chi connectivity index (χ2v) is 8.31. The van der Waals surface area contributed by atoms with Gasteiger partial charge in [-0.3, -0.25) is 4.68 Å². The van der Waals surface area contributed by atoms with Crippen molar-refractivity contribution in [3.8, 4) is 0 Å². The quantitative estimate of drug-likeness (QED) is 0.857. The van der Waals surface area contributed by atoms with Crippen LogP contribution < -0.4 is 0 Å². The monoisotopic (exact) mass is 343 g/mol. The zero-order valence-corrected chi connectivity index (χ0v) is 14.2. The fraction of sp³-hybridized carbons (Fsp3) is 0.389. The summed E-state index contributed by atoms with van der Waals surface area (Å²) in [5.41, 5.74) is 0.903. The van der Waals surface area contributed by atoms with Gasteiger partial charge in [-0.15, -0.1) is 0 Å². The average molecular weight is 343 g/mol. The Bertz CT molecular complexity index is 801. The van der Waals surface area contributed by atoms with Crippen LogP contribution in [0.3, 0.4) is 0 Å². The Balaban J connectivity index is 1.53. The van der Waals surface area contributed by atoms with Gasteiger partial charge in [-0.1, -0.05) is 30.3 Å². The van der Waals surface area contributed by atoms with Gasteiger partial charge < -0.3 is 0 Å². The number of rotatable bonds is 4. The van der Waals surface area contributed by atoms with E-state index >= 15 is 0 Å². The zero-order valence-electron chi connectivity index (χ0n) is 13.4. The number of piperidine rings is 1. The van der Waals surface area contributed by atoms with Crippen LogP contribution in [-0.4, -0.2) is 34.6 Å². The lowest BCUT2D eigenvalue weighted by molar-refractivity contribution is 0.186. The molecule has 0 saturated carbocycles. The van der Waals surface area contributed by atoms with E-state index in [-0.39, 0.29) is 12.1 Å². The largest absolute Gasteiger partial charge is 0.270 e.